The van der Waals surface area contributed by atoms with Crippen LogP contribution in [0.1, 0.15) is 0 Å². The van der Waals surface area contributed by atoms with Gasteiger partial charge in [0.15, 0.2) is 0 Å². The molecule has 0 spiro atoms. The molecule has 62 valence electrons. The van der Waals surface area contributed by atoms with E-state index in [0.717, 1.165) is 4.68 Å². The molecule has 11 heavy (non-hydrogen) atoms. The number of rotatable bonds is 3. The number of nitrogens with zero attached hydrogens (tertiary/aromatic N) is 2. The van der Waals surface area contributed by atoms with Crippen molar-refractivity contribution < 1.29 is 13.5 Å². The fraction of sp³-hybridized carbons (Fsp3) is 0.500. The monoisotopic (exact) mass is 162 g/mol. The van der Waals surface area contributed by atoms with Gasteiger partial charge in [-0.1, -0.05) is 0 Å². The van der Waals surface area contributed by atoms with E-state index in [2.05, 4.69) is 5.10 Å². The van der Waals surface area contributed by atoms with Gasteiger partial charge in [0.25, 0.3) is 6.43 Å². The molecule has 0 atom stereocenters. The minimum Gasteiger partial charge on any atom is -0.480 e. The van der Waals surface area contributed by atoms with E-state index < -0.39 is 6.43 Å². The molecule has 0 amide bonds. The molecule has 0 saturated carbocycles. The van der Waals surface area contributed by atoms with Gasteiger partial charge in [-0.3, -0.25) is 4.68 Å². The van der Waals surface area contributed by atoms with Crippen LogP contribution in [0.25, 0.3) is 0 Å². The first-order valence-electron chi connectivity index (χ1n) is 3.08. The number of hydrogen-bond acceptors (Lipinski definition) is 2. The van der Waals surface area contributed by atoms with Crippen LogP contribution in [0.15, 0.2) is 12.3 Å². The minimum atomic E-state index is -2.38. The molecule has 1 rings (SSSR count). The quantitative estimate of drug-likeness (QED) is 0.666. The highest BCUT2D eigenvalue weighted by molar-refractivity contribution is 5.04. The fourth-order valence-electron chi connectivity index (χ4n) is 0.695. The van der Waals surface area contributed by atoms with Crippen LogP contribution in [0, 0.1) is 0 Å². The Morgan fingerprint density at radius 3 is 2.91 bits per heavy atom. The largest absolute Gasteiger partial charge is 0.480 e. The van der Waals surface area contributed by atoms with Crippen molar-refractivity contribution in [1.82, 2.24) is 9.78 Å². The normalized spacial score (nSPS) is 10.5. The van der Waals surface area contributed by atoms with Crippen LogP contribution >= 0.6 is 0 Å². The van der Waals surface area contributed by atoms with Crippen LogP contribution in [0.5, 0.6) is 5.88 Å². The summed E-state index contributed by atoms with van der Waals surface area (Å²) in [6, 6.07) is 1.53. The van der Waals surface area contributed by atoms with Gasteiger partial charge in [-0.05, 0) is 0 Å². The van der Waals surface area contributed by atoms with E-state index in [4.69, 9.17) is 4.74 Å². The van der Waals surface area contributed by atoms with Gasteiger partial charge in [-0.25, -0.2) is 8.78 Å². The lowest BCUT2D eigenvalue weighted by Gasteiger charge is -1.97. The Labute approximate surface area is 62.6 Å². The third-order valence-electron chi connectivity index (χ3n) is 1.15. The van der Waals surface area contributed by atoms with Gasteiger partial charge < -0.3 is 4.74 Å². The van der Waals surface area contributed by atoms with Crippen LogP contribution in [-0.4, -0.2) is 23.3 Å². The molecule has 3 nitrogen and oxygen atoms in total. The Bertz CT molecular complexity index is 224. The minimum absolute atomic E-state index is 0.352. The van der Waals surface area contributed by atoms with E-state index in [1.54, 1.807) is 0 Å². The molecular formula is C6H8F2N2O. The van der Waals surface area contributed by atoms with Gasteiger partial charge in [0.1, 0.15) is 6.54 Å². The number of methoxy groups -OCH3 is 1. The smallest absolute Gasteiger partial charge is 0.257 e. The SMILES string of the molecule is COc1ccn(CC(F)F)n1. The molecule has 0 N–H and O–H groups in total. The predicted octanol–water partition coefficient (Wildman–Crippen LogP) is 1.16. The highest BCUT2D eigenvalue weighted by Crippen LogP contribution is 2.05. The Balaban J connectivity index is 2.58. The summed E-state index contributed by atoms with van der Waals surface area (Å²) in [7, 11) is 1.44. The number of halogens is 2. The third kappa shape index (κ3) is 2.18. The fourth-order valence-corrected chi connectivity index (χ4v) is 0.695. The molecule has 1 aromatic rings. The van der Waals surface area contributed by atoms with Crippen LogP contribution < -0.4 is 4.74 Å². The molecule has 0 saturated heterocycles. The standard InChI is InChI=1S/C6H8F2N2O/c1-11-6-2-3-10(9-6)4-5(7)8/h2-3,5H,4H2,1H3. The first kappa shape index (κ1) is 7.97. The lowest BCUT2D eigenvalue weighted by Crippen LogP contribution is -2.06. The van der Waals surface area contributed by atoms with Gasteiger partial charge in [-0.2, -0.15) is 0 Å². The summed E-state index contributed by atoms with van der Waals surface area (Å²) in [5.74, 6) is 0.352. The zero-order valence-corrected chi connectivity index (χ0v) is 6.00. The summed E-state index contributed by atoms with van der Waals surface area (Å²) in [5.41, 5.74) is 0. The molecule has 0 aliphatic carbocycles. The van der Waals surface area contributed by atoms with Crippen molar-refractivity contribution in [3.8, 4) is 5.88 Å². The van der Waals surface area contributed by atoms with Gasteiger partial charge in [0, 0.05) is 12.3 Å². The van der Waals surface area contributed by atoms with E-state index in [0.29, 0.717) is 5.88 Å². The lowest BCUT2D eigenvalue weighted by molar-refractivity contribution is 0.121. The first-order chi connectivity index (χ1) is 5.22. The summed E-state index contributed by atoms with van der Waals surface area (Å²) in [4.78, 5) is 0. The molecule has 1 heterocycles. The van der Waals surface area contributed by atoms with Gasteiger partial charge in [0.2, 0.25) is 5.88 Å². The molecular weight excluding hydrogens is 154 g/mol. The molecule has 0 aromatic carbocycles. The van der Waals surface area contributed by atoms with Crippen LogP contribution in [-0.2, 0) is 6.54 Å². The zero-order chi connectivity index (χ0) is 8.27. The average Bonchev–Trinajstić information content (AvgIpc) is 2.34. The maximum Gasteiger partial charge on any atom is 0.257 e. The Kier molecular flexibility index (Phi) is 2.40. The highest BCUT2D eigenvalue weighted by Gasteiger charge is 2.04. The highest BCUT2D eigenvalue weighted by atomic mass is 19.3. The maximum atomic E-state index is 11.7. The molecule has 5 heteroatoms. The Hall–Kier alpha value is -1.13. The number of aromatic nitrogens is 2. The first-order valence-corrected chi connectivity index (χ1v) is 3.08. The van der Waals surface area contributed by atoms with E-state index in [-0.39, 0.29) is 6.54 Å². The lowest BCUT2D eigenvalue weighted by atomic mass is 10.6. The van der Waals surface area contributed by atoms with E-state index >= 15 is 0 Å². The van der Waals surface area contributed by atoms with Crippen molar-refractivity contribution in [3.05, 3.63) is 12.3 Å². The molecule has 0 radical (unpaired) electrons. The van der Waals surface area contributed by atoms with Crippen molar-refractivity contribution in [2.75, 3.05) is 7.11 Å². The summed E-state index contributed by atoms with van der Waals surface area (Å²) in [5, 5.41) is 3.68. The van der Waals surface area contributed by atoms with Gasteiger partial charge >= 0.3 is 0 Å². The van der Waals surface area contributed by atoms with Crippen molar-refractivity contribution in [2.24, 2.45) is 0 Å². The van der Waals surface area contributed by atoms with Crippen molar-refractivity contribution in [3.63, 3.8) is 0 Å². The van der Waals surface area contributed by atoms with Crippen molar-refractivity contribution >= 4 is 0 Å². The molecule has 0 bridgehead atoms. The molecule has 0 fully saturated rings. The summed E-state index contributed by atoms with van der Waals surface area (Å²) in [6.07, 6.45) is -0.926. The maximum absolute atomic E-state index is 11.7. The van der Waals surface area contributed by atoms with Crippen LogP contribution in [0.3, 0.4) is 0 Å². The van der Waals surface area contributed by atoms with Gasteiger partial charge in [-0.15, -0.1) is 5.10 Å². The second-order valence-corrected chi connectivity index (χ2v) is 1.97. The van der Waals surface area contributed by atoms with Gasteiger partial charge in [0.05, 0.1) is 7.11 Å². The molecule has 0 aliphatic rings. The summed E-state index contributed by atoms with van der Waals surface area (Å²) >= 11 is 0. The predicted molar refractivity (Wildman–Crippen MR) is 34.8 cm³/mol. The third-order valence-corrected chi connectivity index (χ3v) is 1.15. The van der Waals surface area contributed by atoms with Crippen LogP contribution in [0.4, 0.5) is 8.78 Å². The summed E-state index contributed by atoms with van der Waals surface area (Å²) < 4.78 is 29.3. The Morgan fingerprint density at radius 1 is 1.73 bits per heavy atom. The summed E-state index contributed by atoms with van der Waals surface area (Å²) in [6.45, 7) is -0.386. The molecule has 0 aliphatic heterocycles. The van der Waals surface area contributed by atoms with E-state index in [1.165, 1.54) is 19.4 Å². The number of hydrogen-bond donors (Lipinski definition) is 0. The topological polar surface area (TPSA) is 27.1 Å². The van der Waals surface area contributed by atoms with E-state index in [1.807, 2.05) is 0 Å². The number of ether oxygens (including phenoxy) is 1. The van der Waals surface area contributed by atoms with Crippen molar-refractivity contribution in [2.45, 2.75) is 13.0 Å². The molecule has 1 aromatic heterocycles. The Morgan fingerprint density at radius 2 is 2.45 bits per heavy atom. The van der Waals surface area contributed by atoms with E-state index in [9.17, 15) is 8.78 Å². The number of alkyl halides is 2. The zero-order valence-electron chi connectivity index (χ0n) is 6.00. The molecule has 0 unspecified atom stereocenters. The second kappa shape index (κ2) is 3.32. The van der Waals surface area contributed by atoms with Crippen LogP contribution in [0.2, 0.25) is 0 Å². The average molecular weight is 162 g/mol. The second-order valence-electron chi connectivity index (χ2n) is 1.97. The van der Waals surface area contributed by atoms with Crippen molar-refractivity contribution in [1.29, 1.82) is 0 Å².